The molecule has 7 nitrogen and oxygen atoms in total. The van der Waals surface area contributed by atoms with Gasteiger partial charge in [-0.2, -0.15) is 0 Å². The van der Waals surface area contributed by atoms with Crippen molar-refractivity contribution in [3.05, 3.63) is 59.4 Å². The van der Waals surface area contributed by atoms with Crippen LogP contribution in [0.3, 0.4) is 0 Å². The van der Waals surface area contributed by atoms with Crippen LogP contribution in [0.2, 0.25) is 0 Å². The van der Waals surface area contributed by atoms with Crippen molar-refractivity contribution in [3.63, 3.8) is 0 Å². The third kappa shape index (κ3) is 8.33. The fourth-order valence-electron chi connectivity index (χ4n) is 3.33. The van der Waals surface area contributed by atoms with Crippen molar-refractivity contribution >= 4 is 15.9 Å². The minimum absolute atomic E-state index is 0.139. The molecule has 0 fully saturated rings. The predicted molar refractivity (Wildman–Crippen MR) is 127 cm³/mol. The van der Waals surface area contributed by atoms with Crippen LogP contribution in [0.15, 0.2) is 42.5 Å². The van der Waals surface area contributed by atoms with Crippen LogP contribution in [0.5, 0.6) is 11.5 Å². The Morgan fingerprint density at radius 1 is 1.09 bits per heavy atom. The highest BCUT2D eigenvalue weighted by atomic mass is 32.2. The Morgan fingerprint density at radius 3 is 2.39 bits per heavy atom. The van der Waals surface area contributed by atoms with Crippen LogP contribution < -0.4 is 19.5 Å². The normalized spacial score (nSPS) is 13.4. The summed E-state index contributed by atoms with van der Waals surface area (Å²) in [6, 6.07) is 11.3. The number of nitrogens with one attached hydrogen (secondary N) is 2. The molecule has 0 aliphatic carbocycles. The highest BCUT2D eigenvalue weighted by molar-refractivity contribution is 7.88. The average Bonchev–Trinajstić information content (AvgIpc) is 2.75. The molecule has 0 aliphatic rings. The Hall–Kier alpha value is -2.65. The van der Waals surface area contributed by atoms with E-state index in [9.17, 15) is 17.6 Å². The standard InChI is InChI=1S/C24H33FN2O5S/c1-16(2)23(27-33(5,29)30)24(28)26-13-12-18-10-11-21(22(14-18)31-4)32-15-17(3)19-8-6-7-9-20(19)25/h6-11,14,16-17,23,27H,12-13,15H2,1-5H3,(H,26,28)/t17?,23-/m0/s1. The summed E-state index contributed by atoms with van der Waals surface area (Å²) in [7, 11) is -1.96. The van der Waals surface area contributed by atoms with Crippen molar-refractivity contribution in [3.8, 4) is 11.5 Å². The zero-order valence-electron chi connectivity index (χ0n) is 19.7. The molecular formula is C24H33FN2O5S. The second-order valence-corrected chi connectivity index (χ2v) is 10.2. The SMILES string of the molecule is COc1cc(CCNC(=O)[C@@H](NS(C)(=O)=O)C(C)C)ccc1OCC(C)c1ccccc1F. The fraction of sp³-hybridized carbons (Fsp3) is 0.458. The lowest BCUT2D eigenvalue weighted by Gasteiger charge is -2.20. The molecule has 33 heavy (non-hydrogen) atoms. The summed E-state index contributed by atoms with van der Waals surface area (Å²) in [5.74, 6) is 0.126. The Kier molecular flexibility index (Phi) is 9.67. The van der Waals surface area contributed by atoms with E-state index in [0.717, 1.165) is 11.8 Å². The second-order valence-electron chi connectivity index (χ2n) is 8.37. The maximum Gasteiger partial charge on any atom is 0.238 e. The molecule has 0 saturated heterocycles. The Morgan fingerprint density at radius 2 is 1.79 bits per heavy atom. The molecule has 2 atom stereocenters. The molecule has 0 saturated carbocycles. The first-order chi connectivity index (χ1) is 15.5. The lowest BCUT2D eigenvalue weighted by atomic mass is 10.0. The smallest absolute Gasteiger partial charge is 0.238 e. The molecule has 0 aromatic heterocycles. The Balaban J connectivity index is 1.95. The average molecular weight is 481 g/mol. The van der Waals surface area contributed by atoms with Crippen molar-refractivity contribution in [1.29, 1.82) is 0 Å². The zero-order valence-corrected chi connectivity index (χ0v) is 20.5. The molecule has 182 valence electrons. The van der Waals surface area contributed by atoms with E-state index in [2.05, 4.69) is 10.0 Å². The zero-order chi connectivity index (χ0) is 24.6. The lowest BCUT2D eigenvalue weighted by Crippen LogP contribution is -2.49. The van der Waals surface area contributed by atoms with Crippen LogP contribution in [0.4, 0.5) is 4.39 Å². The van der Waals surface area contributed by atoms with Gasteiger partial charge in [0.15, 0.2) is 11.5 Å². The van der Waals surface area contributed by atoms with Gasteiger partial charge >= 0.3 is 0 Å². The largest absolute Gasteiger partial charge is 0.493 e. The molecule has 2 aromatic rings. The Bertz CT molecular complexity index is 1040. The molecule has 9 heteroatoms. The number of carbonyl (C=O) groups is 1. The monoisotopic (exact) mass is 480 g/mol. The number of methoxy groups -OCH3 is 1. The van der Waals surface area contributed by atoms with Gasteiger partial charge in [-0.05, 0) is 41.7 Å². The number of sulfonamides is 1. The number of hydrogen-bond donors (Lipinski definition) is 2. The Labute approximate surface area is 195 Å². The first-order valence-electron chi connectivity index (χ1n) is 10.8. The van der Waals surface area contributed by atoms with E-state index in [-0.39, 0.29) is 30.2 Å². The first kappa shape index (κ1) is 26.6. The quantitative estimate of drug-likeness (QED) is 0.486. The van der Waals surface area contributed by atoms with Crippen LogP contribution in [0.25, 0.3) is 0 Å². The van der Waals surface area contributed by atoms with Gasteiger partial charge in [0.05, 0.1) is 20.0 Å². The summed E-state index contributed by atoms with van der Waals surface area (Å²) in [4.78, 5) is 12.4. The summed E-state index contributed by atoms with van der Waals surface area (Å²) in [6.07, 6.45) is 1.56. The molecule has 0 spiro atoms. The van der Waals surface area contributed by atoms with Gasteiger partial charge in [-0.1, -0.05) is 45.0 Å². The second kappa shape index (κ2) is 12.0. The van der Waals surface area contributed by atoms with Gasteiger partial charge < -0.3 is 14.8 Å². The minimum atomic E-state index is -3.50. The van der Waals surface area contributed by atoms with Crippen molar-refractivity contribution in [2.45, 2.75) is 39.2 Å². The number of ether oxygens (including phenoxy) is 2. The molecule has 2 N–H and O–H groups in total. The summed E-state index contributed by atoms with van der Waals surface area (Å²) >= 11 is 0. The molecule has 1 amide bonds. The minimum Gasteiger partial charge on any atom is -0.493 e. The van der Waals surface area contributed by atoms with Crippen LogP contribution in [-0.4, -0.2) is 46.9 Å². The molecule has 0 heterocycles. The third-order valence-corrected chi connectivity index (χ3v) is 5.84. The summed E-state index contributed by atoms with van der Waals surface area (Å²) < 4.78 is 50.7. The molecule has 0 radical (unpaired) electrons. The fourth-order valence-corrected chi connectivity index (χ4v) is 4.17. The number of rotatable bonds is 12. The van der Waals surface area contributed by atoms with Crippen LogP contribution in [0.1, 0.15) is 37.8 Å². The number of amides is 1. The van der Waals surface area contributed by atoms with Crippen molar-refractivity contribution in [1.82, 2.24) is 10.0 Å². The molecule has 2 rings (SSSR count). The van der Waals surface area contributed by atoms with Gasteiger partial charge in [0, 0.05) is 12.5 Å². The van der Waals surface area contributed by atoms with Crippen molar-refractivity contribution in [2.24, 2.45) is 5.92 Å². The van der Waals surface area contributed by atoms with E-state index >= 15 is 0 Å². The van der Waals surface area contributed by atoms with Gasteiger partial charge in [0.2, 0.25) is 15.9 Å². The summed E-state index contributed by atoms with van der Waals surface area (Å²) in [5, 5.41) is 2.78. The molecule has 0 aliphatic heterocycles. The summed E-state index contributed by atoms with van der Waals surface area (Å²) in [5.41, 5.74) is 1.51. The number of hydrogen-bond acceptors (Lipinski definition) is 5. The van der Waals surface area contributed by atoms with Crippen LogP contribution >= 0.6 is 0 Å². The third-order valence-electron chi connectivity index (χ3n) is 5.16. The number of halogens is 1. The predicted octanol–water partition coefficient (Wildman–Crippen LogP) is 3.25. The van der Waals surface area contributed by atoms with Gasteiger partial charge in [-0.25, -0.2) is 17.5 Å². The van der Waals surface area contributed by atoms with E-state index < -0.39 is 16.1 Å². The number of carbonyl (C=O) groups excluding carboxylic acids is 1. The van der Waals surface area contributed by atoms with Gasteiger partial charge in [0.25, 0.3) is 0 Å². The molecule has 2 aromatic carbocycles. The summed E-state index contributed by atoms with van der Waals surface area (Å²) in [6.45, 7) is 6.07. The molecule has 0 bridgehead atoms. The lowest BCUT2D eigenvalue weighted by molar-refractivity contribution is -0.123. The van der Waals surface area contributed by atoms with E-state index in [0.29, 0.717) is 30.0 Å². The molecule has 1 unspecified atom stereocenters. The number of benzene rings is 2. The topological polar surface area (TPSA) is 93.7 Å². The van der Waals surface area contributed by atoms with Crippen LogP contribution in [-0.2, 0) is 21.2 Å². The van der Waals surface area contributed by atoms with E-state index in [1.807, 2.05) is 19.1 Å². The van der Waals surface area contributed by atoms with Gasteiger partial charge in [-0.3, -0.25) is 4.79 Å². The maximum absolute atomic E-state index is 14.0. The van der Waals surface area contributed by atoms with E-state index in [1.165, 1.54) is 13.2 Å². The van der Waals surface area contributed by atoms with E-state index in [1.54, 1.807) is 38.1 Å². The van der Waals surface area contributed by atoms with E-state index in [4.69, 9.17) is 9.47 Å². The van der Waals surface area contributed by atoms with Crippen molar-refractivity contribution in [2.75, 3.05) is 26.5 Å². The van der Waals surface area contributed by atoms with Gasteiger partial charge in [0.1, 0.15) is 11.9 Å². The van der Waals surface area contributed by atoms with Gasteiger partial charge in [-0.15, -0.1) is 0 Å². The van der Waals surface area contributed by atoms with Crippen LogP contribution in [0, 0.1) is 11.7 Å². The maximum atomic E-state index is 14.0. The first-order valence-corrected chi connectivity index (χ1v) is 12.7. The highest BCUT2D eigenvalue weighted by Gasteiger charge is 2.25. The highest BCUT2D eigenvalue weighted by Crippen LogP contribution is 2.30. The van der Waals surface area contributed by atoms with Crippen molar-refractivity contribution < 1.29 is 27.1 Å². The molecular weight excluding hydrogens is 447 g/mol.